The van der Waals surface area contributed by atoms with Crippen LogP contribution in [0.25, 0.3) is 0 Å². The Labute approximate surface area is 97.5 Å². The van der Waals surface area contributed by atoms with Gasteiger partial charge in [-0.2, -0.15) is 0 Å². The van der Waals surface area contributed by atoms with Crippen LogP contribution in [0.1, 0.15) is 13.8 Å². The van der Waals surface area contributed by atoms with Crippen molar-refractivity contribution in [2.24, 2.45) is 0 Å². The number of hydrogen-bond donors (Lipinski definition) is 1. The van der Waals surface area contributed by atoms with Crippen LogP contribution in [-0.4, -0.2) is 5.78 Å². The predicted molar refractivity (Wildman–Crippen MR) is 67.2 cm³/mol. The van der Waals surface area contributed by atoms with Crippen molar-refractivity contribution in [1.82, 2.24) is 0 Å². The largest absolute Gasteiger partial charge is 0.359 e. The minimum Gasteiger partial charge on any atom is -0.359 e. The lowest BCUT2D eigenvalue weighted by Gasteiger charge is -2.05. The highest BCUT2D eigenvalue weighted by molar-refractivity contribution is 14.1. The Morgan fingerprint density at radius 1 is 1.29 bits per heavy atom. The monoisotopic (exact) mass is 301 g/mol. The van der Waals surface area contributed by atoms with Crippen LogP contribution in [0.4, 0.5) is 5.69 Å². The first kappa shape index (κ1) is 11.2. The predicted octanol–water partition coefficient (Wildman–Crippen LogP) is 3.20. The maximum Gasteiger partial charge on any atom is 0.154 e. The van der Waals surface area contributed by atoms with Crippen LogP contribution in [0, 0.1) is 3.57 Å². The van der Waals surface area contributed by atoms with Gasteiger partial charge in [-0.05, 0) is 66.8 Å². The summed E-state index contributed by atoms with van der Waals surface area (Å²) in [5, 5.41) is 3.14. The molecule has 0 aliphatic heterocycles. The molecule has 0 bridgehead atoms. The van der Waals surface area contributed by atoms with Crippen molar-refractivity contribution in [2.75, 3.05) is 5.32 Å². The number of benzene rings is 1. The maximum atomic E-state index is 10.8. The molecule has 14 heavy (non-hydrogen) atoms. The van der Waals surface area contributed by atoms with Crippen LogP contribution >= 0.6 is 22.6 Å². The lowest BCUT2D eigenvalue weighted by Crippen LogP contribution is -1.97. The van der Waals surface area contributed by atoms with E-state index < -0.39 is 0 Å². The third-order valence-electron chi connectivity index (χ3n) is 1.61. The fourth-order valence-electron chi connectivity index (χ4n) is 1.10. The molecule has 0 amide bonds. The quantitative estimate of drug-likeness (QED) is 0.686. The summed E-state index contributed by atoms with van der Waals surface area (Å²) in [5.74, 6) is 0.0560. The minimum atomic E-state index is 0.0560. The molecule has 0 fully saturated rings. The van der Waals surface area contributed by atoms with Gasteiger partial charge in [0, 0.05) is 15.0 Å². The Hall–Kier alpha value is -0.840. The van der Waals surface area contributed by atoms with Crippen LogP contribution in [0.2, 0.25) is 0 Å². The Kier molecular flexibility index (Phi) is 4.13. The second kappa shape index (κ2) is 5.14. The number of hydrogen-bond acceptors (Lipinski definition) is 2. The van der Waals surface area contributed by atoms with Gasteiger partial charge in [0.1, 0.15) is 0 Å². The van der Waals surface area contributed by atoms with E-state index >= 15 is 0 Å². The number of rotatable bonds is 3. The molecule has 0 heterocycles. The fourth-order valence-corrected chi connectivity index (χ4v) is 1.46. The zero-order chi connectivity index (χ0) is 10.6. The first-order valence-electron chi connectivity index (χ1n) is 4.29. The number of carbonyl (C=O) groups excluding carboxylic acids is 1. The third-order valence-corrected chi connectivity index (χ3v) is 2.32. The minimum absolute atomic E-state index is 0.0560. The number of carbonyl (C=O) groups is 1. The highest BCUT2D eigenvalue weighted by Gasteiger charge is 1.94. The van der Waals surface area contributed by atoms with Gasteiger partial charge >= 0.3 is 0 Å². The molecule has 1 aromatic carbocycles. The Morgan fingerprint density at radius 2 is 1.86 bits per heavy atom. The summed E-state index contributed by atoms with van der Waals surface area (Å²) in [6.07, 6.45) is 1.58. The lowest BCUT2D eigenvalue weighted by atomic mass is 10.3. The maximum absolute atomic E-state index is 10.8. The summed E-state index contributed by atoms with van der Waals surface area (Å²) in [6, 6.07) is 8.01. The summed E-state index contributed by atoms with van der Waals surface area (Å²) in [5.41, 5.74) is 1.86. The number of ketones is 1. The van der Waals surface area contributed by atoms with Crippen molar-refractivity contribution < 1.29 is 4.79 Å². The molecule has 1 N–H and O–H groups in total. The van der Waals surface area contributed by atoms with E-state index in [1.165, 1.54) is 3.57 Å². The highest BCUT2D eigenvalue weighted by atomic mass is 127. The first-order valence-corrected chi connectivity index (χ1v) is 5.37. The van der Waals surface area contributed by atoms with E-state index in [2.05, 4.69) is 27.9 Å². The zero-order valence-corrected chi connectivity index (χ0v) is 10.3. The molecular weight excluding hydrogens is 289 g/mol. The molecular formula is C11H12INO. The summed E-state index contributed by atoms with van der Waals surface area (Å²) >= 11 is 2.25. The lowest BCUT2D eigenvalue weighted by molar-refractivity contribution is -0.112. The van der Waals surface area contributed by atoms with Crippen molar-refractivity contribution in [2.45, 2.75) is 13.8 Å². The molecule has 3 heteroatoms. The molecule has 1 rings (SSSR count). The number of nitrogens with one attached hydrogen (secondary N) is 1. The SMILES string of the molecule is CC(=O)/C=C(\C)Nc1ccc(I)cc1. The average Bonchev–Trinajstić information content (AvgIpc) is 2.07. The Morgan fingerprint density at radius 3 is 2.36 bits per heavy atom. The zero-order valence-electron chi connectivity index (χ0n) is 8.17. The number of halogens is 1. The van der Waals surface area contributed by atoms with Crippen LogP contribution in [0.15, 0.2) is 36.0 Å². The third kappa shape index (κ3) is 3.91. The van der Waals surface area contributed by atoms with Gasteiger partial charge in [-0.25, -0.2) is 0 Å². The van der Waals surface area contributed by atoms with Crippen molar-refractivity contribution in [3.63, 3.8) is 0 Å². The molecule has 0 aliphatic carbocycles. The van der Waals surface area contributed by atoms with Crippen LogP contribution in [-0.2, 0) is 4.79 Å². The van der Waals surface area contributed by atoms with Crippen LogP contribution in [0.3, 0.4) is 0 Å². The topological polar surface area (TPSA) is 29.1 Å². The number of anilines is 1. The normalized spacial score (nSPS) is 11.2. The molecule has 0 atom stereocenters. The molecule has 0 saturated carbocycles. The summed E-state index contributed by atoms with van der Waals surface area (Å²) < 4.78 is 1.20. The van der Waals surface area contributed by atoms with E-state index in [9.17, 15) is 4.79 Å². The molecule has 2 nitrogen and oxygen atoms in total. The standard InChI is InChI=1S/C11H12INO/c1-8(7-9(2)14)13-11-5-3-10(12)4-6-11/h3-7,13H,1-2H3/b8-7+. The second-order valence-corrected chi connectivity index (χ2v) is 4.32. The number of allylic oxidation sites excluding steroid dienone is 2. The van der Waals surface area contributed by atoms with E-state index in [0.29, 0.717) is 0 Å². The van der Waals surface area contributed by atoms with Crippen molar-refractivity contribution in [3.8, 4) is 0 Å². The van der Waals surface area contributed by atoms with E-state index in [4.69, 9.17) is 0 Å². The molecule has 1 aromatic rings. The highest BCUT2D eigenvalue weighted by Crippen LogP contribution is 2.12. The average molecular weight is 301 g/mol. The molecule has 0 saturated heterocycles. The molecule has 0 radical (unpaired) electrons. The van der Waals surface area contributed by atoms with E-state index in [1.807, 2.05) is 31.2 Å². The van der Waals surface area contributed by atoms with Gasteiger partial charge in [-0.1, -0.05) is 0 Å². The molecule has 0 unspecified atom stereocenters. The van der Waals surface area contributed by atoms with Gasteiger partial charge in [-0.3, -0.25) is 4.79 Å². The van der Waals surface area contributed by atoms with E-state index in [-0.39, 0.29) is 5.78 Å². The van der Waals surface area contributed by atoms with E-state index in [0.717, 1.165) is 11.4 Å². The van der Waals surface area contributed by atoms with Crippen LogP contribution in [0.5, 0.6) is 0 Å². The van der Waals surface area contributed by atoms with Crippen LogP contribution < -0.4 is 5.32 Å². The smallest absolute Gasteiger partial charge is 0.154 e. The van der Waals surface area contributed by atoms with Gasteiger partial charge in [0.15, 0.2) is 5.78 Å². The van der Waals surface area contributed by atoms with Gasteiger partial charge in [0.2, 0.25) is 0 Å². The fraction of sp³-hybridized carbons (Fsp3) is 0.182. The van der Waals surface area contributed by atoms with Crippen molar-refractivity contribution in [3.05, 3.63) is 39.6 Å². The first-order chi connectivity index (χ1) is 6.58. The van der Waals surface area contributed by atoms with Gasteiger partial charge in [0.05, 0.1) is 0 Å². The Bertz CT molecular complexity index is 354. The molecule has 0 spiro atoms. The van der Waals surface area contributed by atoms with Gasteiger partial charge in [-0.15, -0.1) is 0 Å². The summed E-state index contributed by atoms with van der Waals surface area (Å²) in [4.78, 5) is 10.8. The summed E-state index contributed by atoms with van der Waals surface area (Å²) in [7, 11) is 0. The second-order valence-electron chi connectivity index (χ2n) is 3.07. The summed E-state index contributed by atoms with van der Waals surface area (Å²) in [6.45, 7) is 3.42. The van der Waals surface area contributed by atoms with Gasteiger partial charge in [0.25, 0.3) is 0 Å². The molecule has 0 aliphatic rings. The Balaban J connectivity index is 2.69. The van der Waals surface area contributed by atoms with E-state index in [1.54, 1.807) is 13.0 Å². The molecule has 0 aromatic heterocycles. The van der Waals surface area contributed by atoms with Crippen molar-refractivity contribution in [1.29, 1.82) is 0 Å². The molecule has 74 valence electrons. The van der Waals surface area contributed by atoms with Crippen molar-refractivity contribution >= 4 is 34.1 Å². The van der Waals surface area contributed by atoms with Gasteiger partial charge < -0.3 is 5.32 Å².